The van der Waals surface area contributed by atoms with Gasteiger partial charge in [-0.05, 0) is 44.0 Å². The third-order valence-corrected chi connectivity index (χ3v) is 5.44. The molecule has 1 aromatic heterocycles. The van der Waals surface area contributed by atoms with Crippen molar-refractivity contribution in [2.24, 2.45) is 11.8 Å². The second-order valence-electron chi connectivity index (χ2n) is 6.98. The highest BCUT2D eigenvalue weighted by Gasteiger charge is 2.34. The summed E-state index contributed by atoms with van der Waals surface area (Å²) < 4.78 is 2.25. The maximum absolute atomic E-state index is 12.7. The molecule has 1 aliphatic carbocycles. The highest BCUT2D eigenvalue weighted by Crippen LogP contribution is 2.32. The van der Waals surface area contributed by atoms with E-state index < -0.39 is 17.8 Å². The van der Waals surface area contributed by atoms with Crippen LogP contribution >= 0.6 is 0 Å². The average Bonchev–Trinajstić information content (AvgIpc) is 3.01. The summed E-state index contributed by atoms with van der Waals surface area (Å²) in [6, 6.07) is 14.1. The summed E-state index contributed by atoms with van der Waals surface area (Å²) in [6.45, 7) is 2.98. The molecule has 1 amide bonds. The number of fused-ring (bicyclic) bond motifs is 3. The Morgan fingerprint density at radius 1 is 1.04 bits per heavy atom. The predicted octanol–water partition coefficient (Wildman–Crippen LogP) is 4.42. The second-order valence-corrected chi connectivity index (χ2v) is 6.98. The van der Waals surface area contributed by atoms with Crippen molar-refractivity contribution in [1.29, 1.82) is 0 Å². The molecule has 0 fully saturated rings. The van der Waals surface area contributed by atoms with Gasteiger partial charge in [-0.15, -0.1) is 0 Å². The summed E-state index contributed by atoms with van der Waals surface area (Å²) in [5, 5.41) is 14.6. The largest absolute Gasteiger partial charge is 0.481 e. The van der Waals surface area contributed by atoms with Crippen molar-refractivity contribution in [2.75, 3.05) is 5.32 Å². The maximum Gasteiger partial charge on any atom is 0.307 e. The molecule has 1 heterocycles. The van der Waals surface area contributed by atoms with Crippen LogP contribution in [0.4, 0.5) is 5.69 Å². The first kappa shape index (κ1) is 17.3. The van der Waals surface area contributed by atoms with Crippen molar-refractivity contribution in [2.45, 2.75) is 26.3 Å². The van der Waals surface area contributed by atoms with Gasteiger partial charge in [0.05, 0.1) is 11.8 Å². The molecule has 138 valence electrons. The van der Waals surface area contributed by atoms with Gasteiger partial charge in [0.2, 0.25) is 5.91 Å². The number of hydrogen-bond acceptors (Lipinski definition) is 2. The van der Waals surface area contributed by atoms with Crippen molar-refractivity contribution in [3.05, 3.63) is 54.6 Å². The van der Waals surface area contributed by atoms with Gasteiger partial charge < -0.3 is 15.0 Å². The predicted molar refractivity (Wildman–Crippen MR) is 107 cm³/mol. The van der Waals surface area contributed by atoms with Gasteiger partial charge in [-0.3, -0.25) is 9.59 Å². The van der Waals surface area contributed by atoms with Crippen molar-refractivity contribution < 1.29 is 14.7 Å². The molecule has 5 nitrogen and oxygen atoms in total. The Kier molecular flexibility index (Phi) is 4.44. The molecule has 2 atom stereocenters. The number of para-hydroxylation sites is 1. The fourth-order valence-corrected chi connectivity index (χ4v) is 4.08. The van der Waals surface area contributed by atoms with Crippen LogP contribution in [0.2, 0.25) is 0 Å². The molecule has 0 saturated carbocycles. The number of hydrogen-bond donors (Lipinski definition) is 2. The number of aromatic nitrogens is 1. The van der Waals surface area contributed by atoms with Gasteiger partial charge in [0.15, 0.2) is 0 Å². The van der Waals surface area contributed by atoms with E-state index in [2.05, 4.69) is 28.9 Å². The van der Waals surface area contributed by atoms with Crippen molar-refractivity contribution in [3.8, 4) is 0 Å². The van der Waals surface area contributed by atoms with Crippen molar-refractivity contribution in [3.63, 3.8) is 0 Å². The summed E-state index contributed by atoms with van der Waals surface area (Å²) >= 11 is 0. The van der Waals surface area contributed by atoms with Gasteiger partial charge in [0.25, 0.3) is 0 Å². The number of anilines is 1. The number of carbonyl (C=O) groups is 2. The Hall–Kier alpha value is -3.08. The number of aryl methyl sites for hydroxylation is 1. The molecular formula is C22H22N2O3. The molecule has 2 aromatic carbocycles. The van der Waals surface area contributed by atoms with E-state index in [9.17, 15) is 14.7 Å². The van der Waals surface area contributed by atoms with Crippen LogP contribution in [0.1, 0.15) is 19.8 Å². The molecule has 5 heteroatoms. The van der Waals surface area contributed by atoms with E-state index in [1.807, 2.05) is 42.5 Å². The third kappa shape index (κ3) is 2.99. The number of allylic oxidation sites excluding steroid dienone is 2. The standard InChI is InChI=1S/C22H22N2O3/c1-2-24-19-10-6-5-7-15(19)18-13-14(11-12-20(18)24)23-21(25)16-8-3-4-9-17(16)22(26)27/h3-7,10-13,16-17H,2,8-9H2,1H3,(H,23,25)(H,26,27)/t16-,17+/m1/s1. The van der Waals surface area contributed by atoms with Crippen LogP contribution in [0.25, 0.3) is 21.8 Å². The van der Waals surface area contributed by atoms with Crippen LogP contribution in [0.5, 0.6) is 0 Å². The fourth-order valence-electron chi connectivity index (χ4n) is 4.08. The van der Waals surface area contributed by atoms with E-state index in [0.717, 1.165) is 22.8 Å². The number of carboxylic acids is 1. The topological polar surface area (TPSA) is 71.3 Å². The Morgan fingerprint density at radius 2 is 1.74 bits per heavy atom. The molecule has 3 aromatic rings. The molecule has 2 N–H and O–H groups in total. The number of carbonyl (C=O) groups excluding carboxylic acids is 1. The lowest BCUT2D eigenvalue weighted by Crippen LogP contribution is -2.34. The van der Waals surface area contributed by atoms with E-state index in [1.54, 1.807) is 0 Å². The lowest BCUT2D eigenvalue weighted by molar-refractivity contribution is -0.146. The molecule has 27 heavy (non-hydrogen) atoms. The number of nitrogens with one attached hydrogen (secondary N) is 1. The lowest BCUT2D eigenvalue weighted by Gasteiger charge is -2.24. The summed E-state index contributed by atoms with van der Waals surface area (Å²) in [7, 11) is 0. The Bertz CT molecular complexity index is 1060. The Morgan fingerprint density at radius 3 is 2.48 bits per heavy atom. The summed E-state index contributed by atoms with van der Waals surface area (Å²) in [6.07, 6.45) is 4.59. The highest BCUT2D eigenvalue weighted by molar-refractivity contribution is 6.10. The number of rotatable bonds is 4. The number of aliphatic carboxylic acids is 1. The summed E-state index contributed by atoms with van der Waals surface area (Å²) in [5.74, 6) is -2.35. The van der Waals surface area contributed by atoms with Gasteiger partial charge in [-0.2, -0.15) is 0 Å². The third-order valence-electron chi connectivity index (χ3n) is 5.44. The SMILES string of the molecule is CCn1c2ccccc2c2cc(NC(=O)[C@@H]3CC=CC[C@@H]3C(=O)O)ccc21. The van der Waals surface area contributed by atoms with E-state index in [1.165, 1.54) is 5.52 Å². The second kappa shape index (κ2) is 6.91. The summed E-state index contributed by atoms with van der Waals surface area (Å²) in [4.78, 5) is 24.2. The Balaban J connectivity index is 1.68. The minimum atomic E-state index is -0.916. The van der Waals surface area contributed by atoms with Crippen molar-refractivity contribution in [1.82, 2.24) is 4.57 Å². The number of carboxylic acid groups (broad SMARTS) is 1. The molecular weight excluding hydrogens is 340 g/mol. The first-order valence-corrected chi connectivity index (χ1v) is 9.29. The van der Waals surface area contributed by atoms with Crippen LogP contribution in [-0.2, 0) is 16.1 Å². The van der Waals surface area contributed by atoms with Crippen LogP contribution in [-0.4, -0.2) is 21.6 Å². The number of amides is 1. The van der Waals surface area contributed by atoms with Gasteiger partial charge in [-0.25, -0.2) is 0 Å². The molecule has 0 bridgehead atoms. The first-order chi connectivity index (χ1) is 13.1. The molecule has 0 saturated heterocycles. The molecule has 0 aliphatic heterocycles. The van der Waals surface area contributed by atoms with Crippen molar-refractivity contribution >= 4 is 39.4 Å². The fraction of sp³-hybridized carbons (Fsp3) is 0.273. The number of benzene rings is 2. The summed E-state index contributed by atoms with van der Waals surface area (Å²) in [5.41, 5.74) is 2.99. The highest BCUT2D eigenvalue weighted by atomic mass is 16.4. The monoisotopic (exact) mass is 362 g/mol. The number of nitrogens with zero attached hydrogens (tertiary/aromatic N) is 1. The van der Waals surface area contributed by atoms with Gasteiger partial charge in [0, 0.05) is 34.0 Å². The zero-order chi connectivity index (χ0) is 19.0. The molecule has 1 aliphatic rings. The first-order valence-electron chi connectivity index (χ1n) is 9.29. The van der Waals surface area contributed by atoms with Gasteiger partial charge >= 0.3 is 5.97 Å². The van der Waals surface area contributed by atoms with Crippen LogP contribution < -0.4 is 5.32 Å². The minimum Gasteiger partial charge on any atom is -0.481 e. The average molecular weight is 362 g/mol. The zero-order valence-corrected chi connectivity index (χ0v) is 15.2. The van der Waals surface area contributed by atoms with E-state index in [0.29, 0.717) is 18.5 Å². The van der Waals surface area contributed by atoms with E-state index in [4.69, 9.17) is 0 Å². The van der Waals surface area contributed by atoms with Gasteiger partial charge in [0.1, 0.15) is 0 Å². The van der Waals surface area contributed by atoms with Crippen LogP contribution in [0.15, 0.2) is 54.6 Å². The quantitative estimate of drug-likeness (QED) is 0.675. The van der Waals surface area contributed by atoms with Crippen LogP contribution in [0.3, 0.4) is 0 Å². The zero-order valence-electron chi connectivity index (χ0n) is 15.2. The molecule has 4 rings (SSSR count). The van der Waals surface area contributed by atoms with E-state index >= 15 is 0 Å². The van der Waals surface area contributed by atoms with E-state index in [-0.39, 0.29) is 5.91 Å². The molecule has 0 radical (unpaired) electrons. The van der Waals surface area contributed by atoms with Gasteiger partial charge in [-0.1, -0.05) is 30.4 Å². The maximum atomic E-state index is 12.7. The molecule has 0 unspecified atom stereocenters. The minimum absolute atomic E-state index is 0.231. The Labute approximate surface area is 157 Å². The smallest absolute Gasteiger partial charge is 0.307 e. The molecule has 0 spiro atoms. The normalized spacial score (nSPS) is 19.4. The lowest BCUT2D eigenvalue weighted by atomic mass is 9.82. The van der Waals surface area contributed by atoms with Crippen LogP contribution in [0, 0.1) is 11.8 Å².